The van der Waals surface area contributed by atoms with E-state index in [4.69, 9.17) is 5.73 Å². The Hall–Kier alpha value is -3.66. The largest absolute Gasteiger partial charge is 0.364 e. The fraction of sp³-hybridized carbons (Fsp3) is 0.273. The molecule has 3 amide bonds. The molecular weight excluding hydrogens is 368 g/mol. The van der Waals surface area contributed by atoms with E-state index >= 15 is 0 Å². The number of aromatic nitrogens is 1. The first-order chi connectivity index (χ1) is 13.8. The van der Waals surface area contributed by atoms with Crippen LogP contribution in [0.4, 0.5) is 5.69 Å². The van der Waals surface area contributed by atoms with Gasteiger partial charge in [-0.25, -0.2) is 4.98 Å². The lowest BCUT2D eigenvalue weighted by Crippen LogP contribution is -2.27. The van der Waals surface area contributed by atoms with Crippen molar-refractivity contribution in [2.24, 2.45) is 17.1 Å². The van der Waals surface area contributed by atoms with Crippen molar-refractivity contribution in [1.29, 1.82) is 0 Å². The number of anilines is 1. The van der Waals surface area contributed by atoms with Crippen LogP contribution in [-0.2, 0) is 9.59 Å². The molecule has 1 aliphatic carbocycles. The number of fused-ring (bicyclic) bond motifs is 1. The van der Waals surface area contributed by atoms with Crippen LogP contribution < -0.4 is 11.1 Å². The van der Waals surface area contributed by atoms with Crippen LogP contribution in [0.5, 0.6) is 0 Å². The maximum absolute atomic E-state index is 12.3. The van der Waals surface area contributed by atoms with Crippen molar-refractivity contribution in [2.75, 3.05) is 18.9 Å². The minimum atomic E-state index is -0.683. The van der Waals surface area contributed by atoms with E-state index in [2.05, 4.69) is 22.1 Å². The number of nitrogens with zero attached hydrogens (tertiary/aromatic N) is 2. The van der Waals surface area contributed by atoms with Gasteiger partial charge in [0.25, 0.3) is 5.91 Å². The molecule has 1 aromatic heterocycles. The molecule has 0 radical (unpaired) electrons. The van der Waals surface area contributed by atoms with Crippen LogP contribution in [0.3, 0.4) is 0 Å². The second kappa shape index (κ2) is 6.74. The van der Waals surface area contributed by atoms with Crippen molar-refractivity contribution in [3.8, 4) is 23.1 Å². The number of hydrogen-bond donors (Lipinski definition) is 2. The number of primary amides is 1. The van der Waals surface area contributed by atoms with Crippen molar-refractivity contribution >= 4 is 23.4 Å². The number of rotatable bonds is 3. The SMILES string of the molecule is CC(=O)Nc1cc(C(N)=O)nc(-c2cccc(C#C[C@]34CC3CN(C)C4=O)c2)c1. The maximum atomic E-state index is 12.3. The molecule has 2 aromatic rings. The highest BCUT2D eigenvalue weighted by atomic mass is 16.2. The summed E-state index contributed by atoms with van der Waals surface area (Å²) in [6.45, 7) is 2.15. The predicted octanol–water partition coefficient (Wildman–Crippen LogP) is 1.64. The molecule has 7 heteroatoms. The van der Waals surface area contributed by atoms with Gasteiger partial charge in [0.05, 0.1) is 5.69 Å². The first-order valence-electron chi connectivity index (χ1n) is 9.27. The molecule has 7 nitrogen and oxygen atoms in total. The Balaban J connectivity index is 1.67. The molecule has 1 unspecified atom stereocenters. The molecule has 1 saturated carbocycles. The lowest BCUT2D eigenvalue weighted by Gasteiger charge is -2.11. The van der Waals surface area contributed by atoms with Gasteiger partial charge in [0, 0.05) is 43.2 Å². The van der Waals surface area contributed by atoms with Crippen molar-refractivity contribution in [3.63, 3.8) is 0 Å². The van der Waals surface area contributed by atoms with Gasteiger partial charge in [0.15, 0.2) is 0 Å². The third-order valence-corrected chi connectivity index (χ3v) is 5.31. The molecule has 3 N–H and O–H groups in total. The third kappa shape index (κ3) is 3.45. The van der Waals surface area contributed by atoms with E-state index < -0.39 is 11.3 Å². The summed E-state index contributed by atoms with van der Waals surface area (Å²) in [4.78, 5) is 41.4. The number of amides is 3. The van der Waals surface area contributed by atoms with Gasteiger partial charge < -0.3 is 16.0 Å². The van der Waals surface area contributed by atoms with Crippen LogP contribution >= 0.6 is 0 Å². The molecule has 0 bridgehead atoms. The van der Waals surface area contributed by atoms with Crippen molar-refractivity contribution in [1.82, 2.24) is 9.88 Å². The molecule has 29 heavy (non-hydrogen) atoms. The van der Waals surface area contributed by atoms with Gasteiger partial charge in [0.2, 0.25) is 11.8 Å². The van der Waals surface area contributed by atoms with E-state index in [1.54, 1.807) is 11.0 Å². The lowest BCUT2D eigenvalue weighted by molar-refractivity contribution is -0.130. The highest BCUT2D eigenvalue weighted by molar-refractivity contribution is 5.95. The quantitative estimate of drug-likeness (QED) is 0.780. The van der Waals surface area contributed by atoms with E-state index in [1.165, 1.54) is 13.0 Å². The number of carbonyl (C=O) groups excluding carboxylic acids is 3. The van der Waals surface area contributed by atoms with E-state index in [0.717, 1.165) is 24.1 Å². The number of nitrogens with two attached hydrogens (primary N) is 1. The van der Waals surface area contributed by atoms with Gasteiger partial charge >= 0.3 is 0 Å². The normalized spacial score (nSPS) is 21.8. The Labute approximate surface area is 168 Å². The zero-order valence-corrected chi connectivity index (χ0v) is 16.2. The number of piperidine rings is 1. The Bertz CT molecular complexity index is 1110. The topological polar surface area (TPSA) is 105 Å². The number of carbonyl (C=O) groups is 3. The first kappa shape index (κ1) is 18.7. The van der Waals surface area contributed by atoms with E-state index in [0.29, 0.717) is 17.3 Å². The Morgan fingerprint density at radius 1 is 1.31 bits per heavy atom. The fourth-order valence-electron chi connectivity index (χ4n) is 3.79. The minimum Gasteiger partial charge on any atom is -0.364 e. The summed E-state index contributed by atoms with van der Waals surface area (Å²) in [6.07, 6.45) is 0.825. The summed E-state index contributed by atoms with van der Waals surface area (Å²) >= 11 is 0. The second-order valence-electron chi connectivity index (χ2n) is 7.56. The van der Waals surface area contributed by atoms with Crippen molar-refractivity contribution in [2.45, 2.75) is 13.3 Å². The van der Waals surface area contributed by atoms with Crippen LogP contribution in [0.2, 0.25) is 0 Å². The number of pyridine rings is 1. The van der Waals surface area contributed by atoms with Gasteiger partial charge in [-0.05, 0) is 30.7 Å². The monoisotopic (exact) mass is 388 g/mol. The summed E-state index contributed by atoms with van der Waals surface area (Å²) < 4.78 is 0. The highest BCUT2D eigenvalue weighted by Gasteiger charge is 2.65. The summed E-state index contributed by atoms with van der Waals surface area (Å²) in [6, 6.07) is 10.5. The predicted molar refractivity (Wildman–Crippen MR) is 108 cm³/mol. The molecule has 1 aliphatic heterocycles. The molecule has 0 spiro atoms. The maximum Gasteiger partial charge on any atom is 0.267 e. The van der Waals surface area contributed by atoms with Crippen LogP contribution in [-0.4, -0.2) is 41.2 Å². The summed E-state index contributed by atoms with van der Waals surface area (Å²) in [7, 11) is 1.81. The molecular formula is C22H20N4O3. The van der Waals surface area contributed by atoms with Crippen LogP contribution in [0.25, 0.3) is 11.3 Å². The Morgan fingerprint density at radius 3 is 2.76 bits per heavy atom. The minimum absolute atomic E-state index is 0.0574. The molecule has 2 aliphatic rings. The highest BCUT2D eigenvalue weighted by Crippen LogP contribution is 2.57. The zero-order valence-electron chi connectivity index (χ0n) is 16.2. The molecule has 2 atom stereocenters. The zero-order chi connectivity index (χ0) is 20.8. The van der Waals surface area contributed by atoms with E-state index in [1.807, 2.05) is 31.3 Å². The van der Waals surface area contributed by atoms with Gasteiger partial charge in [-0.15, -0.1) is 0 Å². The number of nitrogens with one attached hydrogen (secondary N) is 1. The van der Waals surface area contributed by atoms with E-state index in [-0.39, 0.29) is 17.5 Å². The van der Waals surface area contributed by atoms with Crippen molar-refractivity contribution < 1.29 is 14.4 Å². The molecule has 2 heterocycles. The Morgan fingerprint density at radius 2 is 2.10 bits per heavy atom. The van der Waals surface area contributed by atoms with Gasteiger partial charge in [-0.3, -0.25) is 14.4 Å². The molecule has 2 fully saturated rings. The fourth-order valence-corrected chi connectivity index (χ4v) is 3.79. The van der Waals surface area contributed by atoms with Gasteiger partial charge in [-0.2, -0.15) is 0 Å². The molecule has 146 valence electrons. The Kier molecular flexibility index (Phi) is 4.35. The molecule has 4 rings (SSSR count). The lowest BCUT2D eigenvalue weighted by atomic mass is 10.0. The van der Waals surface area contributed by atoms with E-state index in [9.17, 15) is 14.4 Å². The first-order valence-corrected chi connectivity index (χ1v) is 9.27. The van der Waals surface area contributed by atoms with Crippen LogP contribution in [0.1, 0.15) is 29.4 Å². The summed E-state index contributed by atoms with van der Waals surface area (Å²) in [5.74, 6) is 5.79. The summed E-state index contributed by atoms with van der Waals surface area (Å²) in [5.41, 5.74) is 7.32. The van der Waals surface area contributed by atoms with Crippen LogP contribution in [0.15, 0.2) is 36.4 Å². The number of hydrogen-bond acceptors (Lipinski definition) is 4. The van der Waals surface area contributed by atoms with Gasteiger partial charge in [0.1, 0.15) is 11.1 Å². The standard InChI is InChI=1S/C22H20N4O3/c1-13(27)24-17-9-18(25-19(10-17)20(23)28)15-5-3-4-14(8-15)6-7-22-11-16(22)12-26(2)21(22)29/h3-5,8-10,16H,11-12H2,1-2H3,(H2,23,28)(H,24,25,27)/t16?,22-/m0/s1. The molecule has 1 saturated heterocycles. The smallest absolute Gasteiger partial charge is 0.267 e. The third-order valence-electron chi connectivity index (χ3n) is 5.31. The van der Waals surface area contributed by atoms with Crippen LogP contribution in [0, 0.1) is 23.2 Å². The second-order valence-corrected chi connectivity index (χ2v) is 7.56. The van der Waals surface area contributed by atoms with Gasteiger partial charge in [-0.1, -0.05) is 24.0 Å². The number of likely N-dealkylation sites (tertiary alicyclic amines) is 1. The number of benzene rings is 1. The molecule has 1 aromatic carbocycles. The summed E-state index contributed by atoms with van der Waals surface area (Å²) in [5, 5.41) is 2.65. The average molecular weight is 388 g/mol. The van der Waals surface area contributed by atoms with Crippen molar-refractivity contribution in [3.05, 3.63) is 47.7 Å². The average Bonchev–Trinajstić information content (AvgIpc) is 3.32.